The molecule has 0 aliphatic rings. The van der Waals surface area contributed by atoms with Crippen LogP contribution in [0.2, 0.25) is 0 Å². The van der Waals surface area contributed by atoms with Gasteiger partial charge in [0, 0.05) is 5.56 Å². The summed E-state index contributed by atoms with van der Waals surface area (Å²) in [5.41, 5.74) is -0.561. The first-order valence-electron chi connectivity index (χ1n) is 6.69. The maximum absolute atomic E-state index is 12.4. The summed E-state index contributed by atoms with van der Waals surface area (Å²) in [6.45, 7) is 0. The molecule has 0 radical (unpaired) electrons. The van der Waals surface area contributed by atoms with Gasteiger partial charge in [-0.2, -0.15) is 26.3 Å². The Balaban J connectivity index is 2.03. The Labute approximate surface area is 134 Å². The minimum absolute atomic E-state index is 0.403. The number of alkyl halides is 6. The normalized spacial score (nSPS) is 12.1. The predicted molar refractivity (Wildman–Crippen MR) is 78.8 cm³/mol. The van der Waals surface area contributed by atoms with Gasteiger partial charge in [-0.3, -0.25) is 0 Å². The quantitative estimate of drug-likeness (QED) is 0.455. The molecule has 0 unspecified atom stereocenters. The first-order chi connectivity index (χ1) is 11.2. The molecule has 0 heterocycles. The molecule has 2 rings (SSSR count). The molecule has 2 aromatic carbocycles. The molecule has 0 aromatic heterocycles. The average Bonchev–Trinajstić information content (AvgIpc) is 2.51. The van der Waals surface area contributed by atoms with Gasteiger partial charge >= 0.3 is 12.4 Å². The van der Waals surface area contributed by atoms with Crippen LogP contribution in [0.25, 0.3) is 6.08 Å². The zero-order valence-corrected chi connectivity index (χ0v) is 12.0. The van der Waals surface area contributed by atoms with Gasteiger partial charge in [0.2, 0.25) is 0 Å². The molecule has 0 saturated carbocycles. The Morgan fingerprint density at radius 3 is 1.58 bits per heavy atom. The minimum atomic E-state index is -4.39. The van der Waals surface area contributed by atoms with E-state index >= 15 is 0 Å². The van der Waals surface area contributed by atoms with E-state index in [1.807, 2.05) is 0 Å². The Morgan fingerprint density at radius 1 is 0.667 bits per heavy atom. The summed E-state index contributed by atoms with van der Waals surface area (Å²) in [4.78, 5) is 0. The van der Waals surface area contributed by atoms with Crippen molar-refractivity contribution in [3.63, 3.8) is 0 Å². The van der Waals surface area contributed by atoms with Crippen LogP contribution in [0.15, 0.2) is 54.6 Å². The third-order valence-electron chi connectivity index (χ3n) is 3.03. The second-order valence-corrected chi connectivity index (χ2v) is 4.80. The third-order valence-corrected chi connectivity index (χ3v) is 3.03. The molecule has 0 aliphatic heterocycles. The van der Waals surface area contributed by atoms with Crippen molar-refractivity contribution in [1.29, 1.82) is 0 Å². The van der Waals surface area contributed by atoms with E-state index in [1.165, 1.54) is 36.4 Å². The monoisotopic (exact) mass is 340 g/mol. The Hall–Kier alpha value is -2.68. The first kappa shape index (κ1) is 17.7. The lowest BCUT2D eigenvalue weighted by molar-refractivity contribution is -0.138. The van der Waals surface area contributed by atoms with E-state index in [4.69, 9.17) is 0 Å². The van der Waals surface area contributed by atoms with Gasteiger partial charge in [-0.05, 0) is 54.1 Å². The number of hydrogen-bond donors (Lipinski definition) is 0. The van der Waals surface area contributed by atoms with E-state index in [0.29, 0.717) is 11.1 Å². The van der Waals surface area contributed by atoms with Gasteiger partial charge < -0.3 is 0 Å². The van der Waals surface area contributed by atoms with E-state index < -0.39 is 23.5 Å². The van der Waals surface area contributed by atoms with Crippen LogP contribution >= 0.6 is 0 Å². The molecule has 24 heavy (non-hydrogen) atoms. The lowest BCUT2D eigenvalue weighted by Crippen LogP contribution is -2.04. The van der Waals surface area contributed by atoms with Gasteiger partial charge in [-0.1, -0.05) is 24.0 Å². The van der Waals surface area contributed by atoms with Crippen LogP contribution in [0.1, 0.15) is 22.3 Å². The predicted octanol–water partition coefficient (Wildman–Crippen LogP) is 5.79. The smallest absolute Gasteiger partial charge is 0.166 e. The molecule has 0 N–H and O–H groups in total. The van der Waals surface area contributed by atoms with Crippen molar-refractivity contribution in [2.45, 2.75) is 12.4 Å². The summed E-state index contributed by atoms with van der Waals surface area (Å²) < 4.78 is 74.4. The van der Waals surface area contributed by atoms with Gasteiger partial charge in [0.1, 0.15) is 0 Å². The van der Waals surface area contributed by atoms with E-state index in [0.717, 1.165) is 24.3 Å². The van der Waals surface area contributed by atoms with Crippen molar-refractivity contribution < 1.29 is 26.3 Å². The minimum Gasteiger partial charge on any atom is -0.166 e. The highest BCUT2D eigenvalue weighted by Gasteiger charge is 2.30. The Morgan fingerprint density at radius 2 is 1.12 bits per heavy atom. The summed E-state index contributed by atoms with van der Waals surface area (Å²) in [5, 5.41) is 0. The molecule has 0 aliphatic carbocycles. The van der Waals surface area contributed by atoms with Crippen LogP contribution in [0.5, 0.6) is 0 Å². The number of halogens is 6. The maximum atomic E-state index is 12.4. The van der Waals surface area contributed by atoms with Crippen molar-refractivity contribution in [3.8, 4) is 11.8 Å². The zero-order valence-electron chi connectivity index (χ0n) is 12.0. The first-order valence-corrected chi connectivity index (χ1v) is 6.69. The fourth-order valence-electron chi connectivity index (χ4n) is 1.79. The van der Waals surface area contributed by atoms with E-state index in [2.05, 4.69) is 11.8 Å². The highest BCUT2D eigenvalue weighted by atomic mass is 19.4. The Bertz CT molecular complexity index is 766. The third kappa shape index (κ3) is 4.92. The lowest BCUT2D eigenvalue weighted by atomic mass is 10.1. The van der Waals surface area contributed by atoms with E-state index in [1.54, 1.807) is 0 Å². The van der Waals surface area contributed by atoms with Crippen molar-refractivity contribution in [2.24, 2.45) is 0 Å². The molecule has 0 spiro atoms. The van der Waals surface area contributed by atoms with Crippen LogP contribution in [-0.2, 0) is 12.4 Å². The molecule has 0 amide bonds. The molecular weight excluding hydrogens is 330 g/mol. The second-order valence-electron chi connectivity index (χ2n) is 4.80. The maximum Gasteiger partial charge on any atom is 0.416 e. The van der Waals surface area contributed by atoms with Gasteiger partial charge in [-0.25, -0.2) is 0 Å². The summed E-state index contributed by atoms with van der Waals surface area (Å²) in [6, 6.07) is 8.90. The zero-order chi connectivity index (χ0) is 17.8. The van der Waals surface area contributed by atoms with Crippen molar-refractivity contribution in [2.75, 3.05) is 0 Å². The highest BCUT2D eigenvalue weighted by molar-refractivity contribution is 5.54. The number of rotatable bonds is 1. The van der Waals surface area contributed by atoms with Crippen LogP contribution < -0.4 is 0 Å². The summed E-state index contributed by atoms with van der Waals surface area (Å²) in [5.74, 6) is 5.26. The molecule has 0 atom stereocenters. The van der Waals surface area contributed by atoms with Crippen LogP contribution in [-0.4, -0.2) is 0 Å². The largest absolute Gasteiger partial charge is 0.416 e. The van der Waals surface area contributed by atoms with Crippen LogP contribution in [0, 0.1) is 11.8 Å². The van der Waals surface area contributed by atoms with Crippen molar-refractivity contribution >= 4 is 6.08 Å². The number of allylic oxidation sites excluding steroid dienone is 1. The Kier molecular flexibility index (Phi) is 5.03. The van der Waals surface area contributed by atoms with Crippen LogP contribution in [0.4, 0.5) is 26.3 Å². The average molecular weight is 340 g/mol. The van der Waals surface area contributed by atoms with Crippen molar-refractivity contribution in [3.05, 3.63) is 76.9 Å². The molecular formula is C18H10F6. The molecule has 0 saturated heterocycles. The second kappa shape index (κ2) is 6.83. The molecule has 6 heteroatoms. The molecule has 0 nitrogen and oxygen atoms in total. The van der Waals surface area contributed by atoms with Crippen molar-refractivity contribution in [1.82, 2.24) is 0 Å². The lowest BCUT2D eigenvalue weighted by Gasteiger charge is -2.05. The SMILES string of the molecule is FC(F)(F)c1ccc(C#C/C=C/c2ccc(C(F)(F)F)cc2)cc1. The summed E-state index contributed by atoms with van der Waals surface area (Å²) >= 11 is 0. The molecule has 124 valence electrons. The fourth-order valence-corrected chi connectivity index (χ4v) is 1.79. The molecule has 2 aromatic rings. The van der Waals surface area contributed by atoms with Crippen LogP contribution in [0.3, 0.4) is 0 Å². The fraction of sp³-hybridized carbons (Fsp3) is 0.111. The van der Waals surface area contributed by atoms with Gasteiger partial charge in [-0.15, -0.1) is 0 Å². The molecule has 0 bridgehead atoms. The number of benzene rings is 2. The summed E-state index contributed by atoms with van der Waals surface area (Å²) in [7, 11) is 0. The number of hydrogen-bond acceptors (Lipinski definition) is 0. The summed E-state index contributed by atoms with van der Waals surface area (Å²) in [6.07, 6.45) is -5.85. The molecule has 0 fully saturated rings. The van der Waals surface area contributed by atoms with Gasteiger partial charge in [0.25, 0.3) is 0 Å². The highest BCUT2D eigenvalue weighted by Crippen LogP contribution is 2.29. The van der Waals surface area contributed by atoms with E-state index in [-0.39, 0.29) is 0 Å². The standard InChI is InChI=1S/C18H10F6/c19-17(20,21)15-9-5-13(6-10-15)3-1-2-4-14-7-11-16(12-8-14)18(22,23)24/h1,3,5-12H/b3-1+. The topological polar surface area (TPSA) is 0 Å². The van der Waals surface area contributed by atoms with E-state index in [9.17, 15) is 26.3 Å². The van der Waals surface area contributed by atoms with Gasteiger partial charge in [0.05, 0.1) is 11.1 Å². The van der Waals surface area contributed by atoms with Gasteiger partial charge in [0.15, 0.2) is 0 Å².